The third kappa shape index (κ3) is 2.71. The summed E-state index contributed by atoms with van der Waals surface area (Å²) >= 11 is 1.47. The van der Waals surface area contributed by atoms with Crippen LogP contribution in [0.5, 0.6) is 0 Å². The summed E-state index contributed by atoms with van der Waals surface area (Å²) in [6.45, 7) is 6.07. The van der Waals surface area contributed by atoms with E-state index < -0.39 is 0 Å². The summed E-state index contributed by atoms with van der Waals surface area (Å²) in [7, 11) is 0. The smallest absolute Gasteiger partial charge is 0.260 e. The molecule has 1 fully saturated rings. The second-order valence-electron chi connectivity index (χ2n) is 6.61. The number of aromatic amines is 1. The van der Waals surface area contributed by atoms with Crippen molar-refractivity contribution in [3.63, 3.8) is 0 Å². The number of hydrogen-bond acceptors (Lipinski definition) is 5. The van der Waals surface area contributed by atoms with Gasteiger partial charge in [0.05, 0.1) is 11.0 Å². The predicted octanol–water partition coefficient (Wildman–Crippen LogP) is 4.38. The maximum absolute atomic E-state index is 12.4. The highest BCUT2D eigenvalue weighted by molar-refractivity contribution is 7.18. The molecule has 3 heterocycles. The summed E-state index contributed by atoms with van der Waals surface area (Å²) in [6.07, 6.45) is 2.78. The minimum atomic E-state index is -0.213. The first-order valence-electron chi connectivity index (χ1n) is 8.20. The van der Waals surface area contributed by atoms with E-state index in [1.807, 2.05) is 26.0 Å². The fourth-order valence-electron chi connectivity index (χ4n) is 3.04. The molecular weight excluding hydrogens is 334 g/mol. The average Bonchev–Trinajstić information content (AvgIpc) is 3.01. The van der Waals surface area contributed by atoms with E-state index in [1.165, 1.54) is 11.3 Å². The van der Waals surface area contributed by atoms with Crippen LogP contribution in [0.3, 0.4) is 0 Å². The zero-order chi connectivity index (χ0) is 17.7. The zero-order valence-electron chi connectivity index (χ0n) is 14.2. The number of fused-ring (bicyclic) bond motifs is 1. The molecule has 3 aromatic heterocycles. The van der Waals surface area contributed by atoms with Crippen molar-refractivity contribution in [2.24, 2.45) is 5.92 Å². The summed E-state index contributed by atoms with van der Waals surface area (Å²) in [5.74, 6) is 2.98. The zero-order valence-corrected chi connectivity index (χ0v) is 15.0. The number of allylic oxidation sites excluding steroid dienone is 1. The lowest BCUT2D eigenvalue weighted by Crippen LogP contribution is -2.10. The van der Waals surface area contributed by atoms with Crippen LogP contribution in [-0.4, -0.2) is 9.97 Å². The van der Waals surface area contributed by atoms with Gasteiger partial charge in [-0.25, -0.2) is 4.98 Å². The van der Waals surface area contributed by atoms with Gasteiger partial charge in [-0.15, -0.1) is 11.3 Å². The Labute approximate surface area is 148 Å². The van der Waals surface area contributed by atoms with E-state index in [0.717, 1.165) is 22.6 Å². The number of aryl methyl sites for hydroxylation is 2. The number of furan rings is 1. The highest BCUT2D eigenvalue weighted by atomic mass is 32.1. The van der Waals surface area contributed by atoms with E-state index in [0.29, 0.717) is 27.8 Å². The lowest BCUT2D eigenvalue weighted by molar-refractivity contribution is 0.498. The van der Waals surface area contributed by atoms with E-state index in [4.69, 9.17) is 4.42 Å². The van der Waals surface area contributed by atoms with Crippen LogP contribution >= 0.6 is 11.3 Å². The van der Waals surface area contributed by atoms with Gasteiger partial charge in [-0.2, -0.15) is 5.26 Å². The minimum absolute atomic E-state index is 0.213. The molecule has 2 atom stereocenters. The van der Waals surface area contributed by atoms with Crippen LogP contribution in [0.25, 0.3) is 21.9 Å². The van der Waals surface area contributed by atoms with E-state index in [-0.39, 0.29) is 17.0 Å². The number of hydrogen-bond donors (Lipinski definition) is 1. The van der Waals surface area contributed by atoms with Crippen LogP contribution < -0.4 is 5.56 Å². The van der Waals surface area contributed by atoms with Crippen molar-refractivity contribution in [3.05, 3.63) is 50.3 Å². The van der Waals surface area contributed by atoms with Gasteiger partial charge in [-0.1, -0.05) is 6.92 Å². The van der Waals surface area contributed by atoms with E-state index in [9.17, 15) is 10.1 Å². The standard InChI is InChI=1S/C19H17N3O2S/c1-9-6-14(9)15-5-4-13(24-15)7-12(8-20)17-21-18(23)16-10(2)11(3)25-19(16)22-17/h4-5,7,9,14H,6H2,1-3H3,(H,21,22,23)/b12-7+/t9-,14-/m0/s1. The van der Waals surface area contributed by atoms with Gasteiger partial charge in [-0.05, 0) is 43.9 Å². The molecule has 0 aromatic carbocycles. The highest BCUT2D eigenvalue weighted by Gasteiger charge is 2.36. The van der Waals surface area contributed by atoms with Gasteiger partial charge in [0, 0.05) is 16.9 Å². The Bertz CT molecular complexity index is 1110. The number of nitrogens with one attached hydrogen (secondary N) is 1. The summed E-state index contributed by atoms with van der Waals surface area (Å²) in [4.78, 5) is 21.3. The van der Waals surface area contributed by atoms with E-state index in [2.05, 4.69) is 23.0 Å². The maximum Gasteiger partial charge on any atom is 0.260 e. The molecule has 25 heavy (non-hydrogen) atoms. The Kier molecular flexibility index (Phi) is 3.62. The second-order valence-corrected chi connectivity index (χ2v) is 7.81. The van der Waals surface area contributed by atoms with Crippen LogP contribution in [-0.2, 0) is 0 Å². The van der Waals surface area contributed by atoms with Gasteiger partial charge in [0.2, 0.25) is 0 Å². The fourth-order valence-corrected chi connectivity index (χ4v) is 4.07. The van der Waals surface area contributed by atoms with Crippen molar-refractivity contribution in [1.29, 1.82) is 5.26 Å². The van der Waals surface area contributed by atoms with Gasteiger partial charge in [0.25, 0.3) is 5.56 Å². The molecule has 1 aliphatic rings. The Morgan fingerprint density at radius 1 is 1.48 bits per heavy atom. The van der Waals surface area contributed by atoms with Crippen LogP contribution in [0, 0.1) is 31.1 Å². The highest BCUT2D eigenvalue weighted by Crippen LogP contribution is 2.47. The lowest BCUT2D eigenvalue weighted by atomic mass is 10.2. The second kappa shape index (κ2) is 5.71. The van der Waals surface area contributed by atoms with Crippen molar-refractivity contribution in [3.8, 4) is 6.07 Å². The number of thiophene rings is 1. The molecule has 0 spiro atoms. The van der Waals surface area contributed by atoms with Gasteiger partial charge in [0.1, 0.15) is 22.4 Å². The summed E-state index contributed by atoms with van der Waals surface area (Å²) < 4.78 is 5.83. The van der Waals surface area contributed by atoms with Crippen molar-refractivity contribution in [2.45, 2.75) is 33.1 Å². The van der Waals surface area contributed by atoms with E-state index in [1.54, 1.807) is 6.08 Å². The molecule has 0 radical (unpaired) electrons. The molecule has 0 bridgehead atoms. The number of nitrogens with zero attached hydrogens (tertiary/aromatic N) is 2. The number of H-pyrrole nitrogens is 1. The van der Waals surface area contributed by atoms with Gasteiger partial charge < -0.3 is 9.40 Å². The Morgan fingerprint density at radius 3 is 2.92 bits per heavy atom. The van der Waals surface area contributed by atoms with Crippen LogP contribution in [0.2, 0.25) is 0 Å². The van der Waals surface area contributed by atoms with E-state index >= 15 is 0 Å². The molecule has 5 nitrogen and oxygen atoms in total. The van der Waals surface area contributed by atoms with Gasteiger partial charge in [-0.3, -0.25) is 4.79 Å². The summed E-state index contributed by atoms with van der Waals surface area (Å²) in [5, 5.41) is 10.1. The molecule has 4 rings (SSSR count). The molecule has 0 aliphatic heterocycles. The Balaban J connectivity index is 1.76. The number of nitriles is 1. The molecule has 1 N–H and O–H groups in total. The first-order valence-corrected chi connectivity index (χ1v) is 9.01. The number of aromatic nitrogens is 2. The van der Waals surface area contributed by atoms with Crippen LogP contribution in [0.4, 0.5) is 0 Å². The minimum Gasteiger partial charge on any atom is -0.461 e. The normalized spacial score (nSPS) is 20.0. The van der Waals surface area contributed by atoms with Crippen molar-refractivity contribution >= 4 is 33.2 Å². The first-order chi connectivity index (χ1) is 12.0. The summed E-state index contributed by atoms with van der Waals surface area (Å²) in [6, 6.07) is 5.93. The Morgan fingerprint density at radius 2 is 2.24 bits per heavy atom. The number of rotatable bonds is 3. The molecule has 0 unspecified atom stereocenters. The molecule has 6 heteroatoms. The lowest BCUT2D eigenvalue weighted by Gasteiger charge is -1.99. The topological polar surface area (TPSA) is 82.7 Å². The van der Waals surface area contributed by atoms with Crippen LogP contribution in [0.1, 0.15) is 47.0 Å². The average molecular weight is 351 g/mol. The van der Waals surface area contributed by atoms with Gasteiger partial charge >= 0.3 is 0 Å². The maximum atomic E-state index is 12.4. The monoisotopic (exact) mass is 351 g/mol. The molecule has 3 aromatic rings. The molecule has 0 saturated heterocycles. The largest absolute Gasteiger partial charge is 0.461 e. The van der Waals surface area contributed by atoms with Crippen molar-refractivity contribution in [1.82, 2.24) is 9.97 Å². The van der Waals surface area contributed by atoms with Gasteiger partial charge in [0.15, 0.2) is 5.82 Å². The predicted molar refractivity (Wildman–Crippen MR) is 98.4 cm³/mol. The SMILES string of the molecule is Cc1sc2nc(/C(C#N)=C/c3ccc([C@H]4C[C@@H]4C)o3)[nH]c(=O)c2c1C. The van der Waals surface area contributed by atoms with Crippen molar-refractivity contribution < 1.29 is 4.42 Å². The molecule has 0 amide bonds. The molecule has 1 aliphatic carbocycles. The summed E-state index contributed by atoms with van der Waals surface area (Å²) in [5.41, 5.74) is 1.01. The fraction of sp³-hybridized carbons (Fsp3) is 0.316. The third-order valence-electron chi connectivity index (χ3n) is 4.82. The first kappa shape index (κ1) is 15.9. The quantitative estimate of drug-likeness (QED) is 0.710. The molecule has 126 valence electrons. The molecular formula is C19H17N3O2S. The molecule has 1 saturated carbocycles. The third-order valence-corrected chi connectivity index (χ3v) is 5.92. The van der Waals surface area contributed by atoms with Crippen molar-refractivity contribution in [2.75, 3.05) is 0 Å². The Hall–Kier alpha value is -2.65. The van der Waals surface area contributed by atoms with Crippen LogP contribution in [0.15, 0.2) is 21.3 Å².